The molecule has 1 aromatic heterocycles. The van der Waals surface area contributed by atoms with E-state index >= 15 is 0 Å². The lowest BCUT2D eigenvalue weighted by Gasteiger charge is -2.28. The fraction of sp³-hybridized carbons (Fsp3) is 0.692. The summed E-state index contributed by atoms with van der Waals surface area (Å²) < 4.78 is 0. The van der Waals surface area contributed by atoms with Gasteiger partial charge in [-0.25, -0.2) is 0 Å². The molecule has 1 fully saturated rings. The van der Waals surface area contributed by atoms with E-state index in [1.165, 1.54) is 44.5 Å². The maximum Gasteiger partial charge on any atom is 0.0213 e. The summed E-state index contributed by atoms with van der Waals surface area (Å²) in [6, 6.07) is 2.20. The van der Waals surface area contributed by atoms with Crippen molar-refractivity contribution in [1.82, 2.24) is 10.2 Å². The predicted molar refractivity (Wildman–Crippen MR) is 70.9 cm³/mol. The van der Waals surface area contributed by atoms with E-state index in [0.717, 1.165) is 12.5 Å². The van der Waals surface area contributed by atoms with E-state index in [1.54, 1.807) is 11.3 Å². The minimum absolute atomic E-state index is 0.950. The molecule has 0 unspecified atom stereocenters. The first-order valence-electron chi connectivity index (χ1n) is 6.25. The fourth-order valence-electron chi connectivity index (χ4n) is 2.28. The molecule has 0 aliphatic carbocycles. The number of thiophene rings is 1. The first kappa shape index (κ1) is 12.1. The smallest absolute Gasteiger partial charge is 0.0213 e. The molecule has 0 atom stereocenters. The van der Waals surface area contributed by atoms with Gasteiger partial charge in [0.1, 0.15) is 0 Å². The lowest BCUT2D eigenvalue weighted by molar-refractivity contribution is 0.211. The Morgan fingerprint density at radius 2 is 2.25 bits per heavy atom. The van der Waals surface area contributed by atoms with Gasteiger partial charge in [0.25, 0.3) is 0 Å². The van der Waals surface area contributed by atoms with Crippen LogP contribution in [-0.2, 0) is 6.54 Å². The summed E-state index contributed by atoms with van der Waals surface area (Å²) in [4.78, 5) is 2.44. The van der Waals surface area contributed by atoms with Crippen LogP contribution in [0.15, 0.2) is 16.8 Å². The molecule has 2 nitrogen and oxygen atoms in total. The van der Waals surface area contributed by atoms with Crippen LogP contribution >= 0.6 is 11.3 Å². The van der Waals surface area contributed by atoms with Gasteiger partial charge in [-0.05, 0) is 74.3 Å². The Morgan fingerprint density at radius 3 is 2.94 bits per heavy atom. The zero-order valence-corrected chi connectivity index (χ0v) is 10.9. The molecule has 0 saturated carbocycles. The van der Waals surface area contributed by atoms with Gasteiger partial charge in [0.15, 0.2) is 0 Å². The van der Waals surface area contributed by atoms with Crippen molar-refractivity contribution in [2.75, 3.05) is 26.7 Å². The average molecular weight is 238 g/mol. The zero-order chi connectivity index (χ0) is 11.2. The van der Waals surface area contributed by atoms with Crippen LogP contribution < -0.4 is 5.32 Å². The summed E-state index contributed by atoms with van der Waals surface area (Å²) in [6.45, 7) is 4.78. The van der Waals surface area contributed by atoms with Gasteiger partial charge in [0.05, 0.1) is 0 Å². The van der Waals surface area contributed by atoms with E-state index in [-0.39, 0.29) is 0 Å². The van der Waals surface area contributed by atoms with E-state index in [0.29, 0.717) is 0 Å². The molecule has 1 aliphatic rings. The highest BCUT2D eigenvalue weighted by molar-refractivity contribution is 7.07. The fourth-order valence-corrected chi connectivity index (χ4v) is 2.95. The maximum absolute atomic E-state index is 3.54. The third kappa shape index (κ3) is 3.89. The van der Waals surface area contributed by atoms with Gasteiger partial charge >= 0.3 is 0 Å². The lowest BCUT2D eigenvalue weighted by atomic mass is 9.94. The second-order valence-corrected chi connectivity index (χ2v) is 5.62. The van der Waals surface area contributed by atoms with Gasteiger partial charge in [0.2, 0.25) is 0 Å². The Bertz CT molecular complexity index is 276. The molecule has 90 valence electrons. The molecule has 0 radical (unpaired) electrons. The van der Waals surface area contributed by atoms with Gasteiger partial charge in [-0.3, -0.25) is 0 Å². The van der Waals surface area contributed by atoms with Crippen molar-refractivity contribution >= 4 is 11.3 Å². The van der Waals surface area contributed by atoms with Crippen LogP contribution in [0.1, 0.15) is 24.8 Å². The lowest BCUT2D eigenvalue weighted by Crippen LogP contribution is -2.31. The maximum atomic E-state index is 3.54. The first-order chi connectivity index (χ1) is 7.84. The topological polar surface area (TPSA) is 15.3 Å². The molecule has 0 bridgehead atoms. The summed E-state index contributed by atoms with van der Waals surface area (Å²) in [5.41, 5.74) is 1.42. The molecule has 2 rings (SSSR count). The molecule has 1 aromatic rings. The summed E-state index contributed by atoms with van der Waals surface area (Å²) in [6.07, 6.45) is 4.12. The molecular weight excluding hydrogens is 216 g/mol. The van der Waals surface area contributed by atoms with Crippen LogP contribution in [-0.4, -0.2) is 31.6 Å². The van der Waals surface area contributed by atoms with Crippen molar-refractivity contribution in [3.8, 4) is 0 Å². The normalized spacial score (nSPS) is 19.1. The van der Waals surface area contributed by atoms with Crippen LogP contribution in [0.2, 0.25) is 0 Å². The second-order valence-electron chi connectivity index (χ2n) is 4.84. The standard InChI is InChI=1S/C13H22N2S/c1-15-7-3-12(4-8-15)2-6-14-10-13-5-9-16-11-13/h5,9,11-12,14H,2-4,6-8,10H2,1H3. The first-order valence-corrected chi connectivity index (χ1v) is 7.19. The van der Waals surface area contributed by atoms with Crippen LogP contribution in [0, 0.1) is 5.92 Å². The molecule has 0 aromatic carbocycles. The SMILES string of the molecule is CN1CCC(CCNCc2ccsc2)CC1. The van der Waals surface area contributed by atoms with Gasteiger partial charge in [-0.1, -0.05) is 0 Å². The third-order valence-corrected chi connectivity index (χ3v) is 4.21. The highest BCUT2D eigenvalue weighted by Crippen LogP contribution is 2.18. The van der Waals surface area contributed by atoms with Gasteiger partial charge in [-0.15, -0.1) is 0 Å². The molecule has 1 saturated heterocycles. The van der Waals surface area contributed by atoms with Crippen molar-refractivity contribution in [3.63, 3.8) is 0 Å². The molecule has 1 aliphatic heterocycles. The summed E-state index contributed by atoms with van der Waals surface area (Å²) in [7, 11) is 2.23. The van der Waals surface area contributed by atoms with E-state index in [1.807, 2.05) is 0 Å². The quantitative estimate of drug-likeness (QED) is 0.793. The van der Waals surface area contributed by atoms with E-state index < -0.39 is 0 Å². The number of piperidine rings is 1. The number of rotatable bonds is 5. The summed E-state index contributed by atoms with van der Waals surface area (Å²) in [5.74, 6) is 0.950. The van der Waals surface area contributed by atoms with Crippen molar-refractivity contribution in [3.05, 3.63) is 22.4 Å². The van der Waals surface area contributed by atoms with E-state index in [9.17, 15) is 0 Å². The Hall–Kier alpha value is -0.380. The van der Waals surface area contributed by atoms with E-state index in [2.05, 4.69) is 34.1 Å². The van der Waals surface area contributed by atoms with Crippen LogP contribution in [0.25, 0.3) is 0 Å². The van der Waals surface area contributed by atoms with Crippen molar-refractivity contribution in [2.24, 2.45) is 5.92 Å². The molecule has 0 spiro atoms. The molecular formula is C13H22N2S. The third-order valence-electron chi connectivity index (χ3n) is 3.48. The van der Waals surface area contributed by atoms with Crippen molar-refractivity contribution in [2.45, 2.75) is 25.8 Å². The minimum Gasteiger partial charge on any atom is -0.313 e. The van der Waals surface area contributed by atoms with E-state index in [4.69, 9.17) is 0 Å². The van der Waals surface area contributed by atoms with Gasteiger partial charge in [-0.2, -0.15) is 11.3 Å². The largest absolute Gasteiger partial charge is 0.313 e. The molecule has 3 heteroatoms. The minimum atomic E-state index is 0.950. The molecule has 2 heterocycles. The Morgan fingerprint density at radius 1 is 1.44 bits per heavy atom. The Balaban J connectivity index is 1.55. The number of hydrogen-bond donors (Lipinski definition) is 1. The number of nitrogens with zero attached hydrogens (tertiary/aromatic N) is 1. The Kier molecular flexibility index (Phi) is 4.82. The monoisotopic (exact) mass is 238 g/mol. The zero-order valence-electron chi connectivity index (χ0n) is 10.1. The highest BCUT2D eigenvalue weighted by Gasteiger charge is 2.15. The molecule has 16 heavy (non-hydrogen) atoms. The van der Waals surface area contributed by atoms with Crippen LogP contribution in [0.5, 0.6) is 0 Å². The summed E-state index contributed by atoms with van der Waals surface area (Å²) >= 11 is 1.78. The summed E-state index contributed by atoms with van der Waals surface area (Å²) in [5, 5.41) is 7.91. The average Bonchev–Trinajstić information content (AvgIpc) is 2.80. The number of nitrogens with one attached hydrogen (secondary N) is 1. The molecule has 0 amide bonds. The second kappa shape index (κ2) is 6.38. The number of likely N-dealkylation sites (tertiary alicyclic amines) is 1. The van der Waals surface area contributed by atoms with Crippen molar-refractivity contribution < 1.29 is 0 Å². The van der Waals surface area contributed by atoms with Crippen molar-refractivity contribution in [1.29, 1.82) is 0 Å². The van der Waals surface area contributed by atoms with Gasteiger partial charge in [0, 0.05) is 6.54 Å². The highest BCUT2D eigenvalue weighted by atomic mass is 32.1. The number of hydrogen-bond acceptors (Lipinski definition) is 3. The molecule has 1 N–H and O–H groups in total. The Labute approximate surface area is 103 Å². The van der Waals surface area contributed by atoms with Crippen LogP contribution in [0.3, 0.4) is 0 Å². The van der Waals surface area contributed by atoms with Gasteiger partial charge < -0.3 is 10.2 Å². The predicted octanol–water partition coefficient (Wildman–Crippen LogP) is 2.57. The van der Waals surface area contributed by atoms with Crippen LogP contribution in [0.4, 0.5) is 0 Å².